The molecule has 36 heavy (non-hydrogen) atoms. The minimum absolute atomic E-state index is 0.0192. The van der Waals surface area contributed by atoms with Crippen molar-refractivity contribution in [1.29, 1.82) is 0 Å². The van der Waals surface area contributed by atoms with Crippen LogP contribution < -0.4 is 10.6 Å². The number of aryl methyl sites for hydroxylation is 2. The number of aromatic nitrogens is 4. The predicted molar refractivity (Wildman–Crippen MR) is 137 cm³/mol. The standard InChI is InChI=1S/C27H32FN7O/c1-16(19-13-23(34(3)4)32-15-21(19)28)26(36)35-11-8-27(14-22(27)35)7-6-18-12-20(17(2)33-24(18)29)25-30-9-5-10-31-25/h5,9-10,12-13,15-16,22H,6-8,11,14H2,1-4H3,(H2,29,33)/t16-,22?,27-/m1/s1. The van der Waals surface area contributed by atoms with Crippen LogP contribution in [0.5, 0.6) is 0 Å². The Hall–Kier alpha value is -3.62. The number of nitrogen functional groups attached to an aromatic ring is 1. The van der Waals surface area contributed by atoms with Gasteiger partial charge in [-0.3, -0.25) is 4.79 Å². The summed E-state index contributed by atoms with van der Waals surface area (Å²) in [5, 5.41) is 0. The third kappa shape index (κ3) is 4.27. The minimum atomic E-state index is -0.562. The van der Waals surface area contributed by atoms with Gasteiger partial charge in [0.15, 0.2) is 5.82 Å². The van der Waals surface area contributed by atoms with Crippen LogP contribution in [0.4, 0.5) is 16.0 Å². The van der Waals surface area contributed by atoms with Crippen molar-refractivity contribution in [1.82, 2.24) is 24.8 Å². The first kappa shape index (κ1) is 24.1. The molecule has 8 nitrogen and oxygen atoms in total. The van der Waals surface area contributed by atoms with E-state index >= 15 is 0 Å². The minimum Gasteiger partial charge on any atom is -0.383 e. The average Bonchev–Trinajstić information content (AvgIpc) is 3.46. The van der Waals surface area contributed by atoms with E-state index in [1.54, 1.807) is 31.5 Å². The maximum Gasteiger partial charge on any atom is 0.230 e. The first-order valence-corrected chi connectivity index (χ1v) is 12.4. The highest BCUT2D eigenvalue weighted by atomic mass is 19.1. The van der Waals surface area contributed by atoms with Crippen molar-refractivity contribution in [2.75, 3.05) is 31.3 Å². The summed E-state index contributed by atoms with van der Waals surface area (Å²) < 4.78 is 14.6. The van der Waals surface area contributed by atoms with E-state index in [-0.39, 0.29) is 17.4 Å². The summed E-state index contributed by atoms with van der Waals surface area (Å²) in [7, 11) is 3.70. The molecule has 1 saturated carbocycles. The van der Waals surface area contributed by atoms with Crippen LogP contribution >= 0.6 is 0 Å². The lowest BCUT2D eigenvalue weighted by Gasteiger charge is -2.23. The van der Waals surface area contributed by atoms with Crippen molar-refractivity contribution in [3.63, 3.8) is 0 Å². The molecule has 1 aliphatic carbocycles. The van der Waals surface area contributed by atoms with Gasteiger partial charge in [0.1, 0.15) is 17.5 Å². The molecule has 5 rings (SSSR count). The second kappa shape index (κ2) is 9.11. The van der Waals surface area contributed by atoms with Crippen molar-refractivity contribution in [3.8, 4) is 11.4 Å². The number of likely N-dealkylation sites (tertiary alicyclic amines) is 1. The summed E-state index contributed by atoms with van der Waals surface area (Å²) in [5.41, 5.74) is 9.44. The highest BCUT2D eigenvalue weighted by molar-refractivity contribution is 5.85. The maximum absolute atomic E-state index is 14.6. The zero-order valence-corrected chi connectivity index (χ0v) is 21.2. The van der Waals surface area contributed by atoms with E-state index in [9.17, 15) is 9.18 Å². The SMILES string of the molecule is Cc1nc(N)c(CC[C@]23CCN(C(=O)[C@H](C)c4cc(N(C)C)ncc4F)C2C3)cc1-c1ncccn1. The molecule has 0 radical (unpaired) electrons. The number of hydrogen-bond donors (Lipinski definition) is 1. The van der Waals surface area contributed by atoms with E-state index in [0.29, 0.717) is 29.6 Å². The van der Waals surface area contributed by atoms with Crippen LogP contribution in [0, 0.1) is 18.2 Å². The summed E-state index contributed by atoms with van der Waals surface area (Å²) in [5.74, 6) is 0.785. The Labute approximate surface area is 210 Å². The van der Waals surface area contributed by atoms with Crippen molar-refractivity contribution in [2.45, 2.75) is 51.5 Å². The van der Waals surface area contributed by atoms with Crippen molar-refractivity contribution in [3.05, 3.63) is 59.4 Å². The van der Waals surface area contributed by atoms with Gasteiger partial charge in [0.25, 0.3) is 0 Å². The van der Waals surface area contributed by atoms with Crippen LogP contribution in [-0.4, -0.2) is 57.4 Å². The molecule has 0 spiro atoms. The van der Waals surface area contributed by atoms with E-state index in [4.69, 9.17) is 5.73 Å². The summed E-state index contributed by atoms with van der Waals surface area (Å²) in [6.07, 6.45) is 8.26. The Balaban J connectivity index is 1.28. The fraction of sp³-hybridized carbons (Fsp3) is 0.444. The molecule has 2 N–H and O–H groups in total. The lowest BCUT2D eigenvalue weighted by Crippen LogP contribution is -2.34. The van der Waals surface area contributed by atoms with Gasteiger partial charge >= 0.3 is 0 Å². The number of rotatable bonds is 7. The monoisotopic (exact) mass is 489 g/mol. The van der Waals surface area contributed by atoms with Gasteiger partial charge in [-0.05, 0) is 68.7 Å². The van der Waals surface area contributed by atoms with Crippen molar-refractivity contribution < 1.29 is 9.18 Å². The zero-order valence-electron chi connectivity index (χ0n) is 21.2. The number of halogens is 1. The van der Waals surface area contributed by atoms with Crippen LogP contribution in [0.3, 0.4) is 0 Å². The molecule has 3 aromatic rings. The smallest absolute Gasteiger partial charge is 0.230 e. The molecule has 1 amide bonds. The van der Waals surface area contributed by atoms with Gasteiger partial charge in [-0.2, -0.15) is 0 Å². The van der Waals surface area contributed by atoms with Crippen LogP contribution in [0.25, 0.3) is 11.4 Å². The average molecular weight is 490 g/mol. The Morgan fingerprint density at radius 3 is 2.72 bits per heavy atom. The highest BCUT2D eigenvalue weighted by Gasteiger charge is 2.61. The highest BCUT2D eigenvalue weighted by Crippen LogP contribution is 2.60. The number of piperidine rings is 1. The van der Waals surface area contributed by atoms with E-state index in [1.807, 2.05) is 30.8 Å². The lowest BCUT2D eigenvalue weighted by atomic mass is 9.94. The molecule has 1 unspecified atom stereocenters. The van der Waals surface area contributed by atoms with Gasteiger partial charge in [-0.1, -0.05) is 0 Å². The molecule has 1 saturated heterocycles. The molecule has 2 fully saturated rings. The van der Waals surface area contributed by atoms with Gasteiger partial charge in [0.05, 0.1) is 17.8 Å². The number of nitrogens with zero attached hydrogens (tertiary/aromatic N) is 6. The van der Waals surface area contributed by atoms with E-state index in [1.165, 1.54) is 6.20 Å². The number of anilines is 2. The fourth-order valence-electron chi connectivity index (χ4n) is 5.51. The Kier molecular flexibility index (Phi) is 6.10. The largest absolute Gasteiger partial charge is 0.383 e. The molecule has 4 heterocycles. The number of hydrogen-bond acceptors (Lipinski definition) is 7. The summed E-state index contributed by atoms with van der Waals surface area (Å²) in [4.78, 5) is 34.6. The van der Waals surface area contributed by atoms with E-state index < -0.39 is 11.7 Å². The molecule has 188 valence electrons. The Morgan fingerprint density at radius 1 is 1.28 bits per heavy atom. The van der Waals surface area contributed by atoms with Gasteiger partial charge in [0.2, 0.25) is 5.91 Å². The summed E-state index contributed by atoms with van der Waals surface area (Å²) in [6, 6.07) is 5.71. The van der Waals surface area contributed by atoms with Gasteiger partial charge in [0, 0.05) is 50.2 Å². The van der Waals surface area contributed by atoms with Gasteiger partial charge < -0.3 is 15.5 Å². The molecule has 3 aromatic heterocycles. The van der Waals surface area contributed by atoms with Gasteiger partial charge in [-0.15, -0.1) is 0 Å². The molecule has 9 heteroatoms. The Bertz CT molecular complexity index is 1300. The number of carbonyl (C=O) groups is 1. The van der Waals surface area contributed by atoms with Crippen LogP contribution in [0.1, 0.15) is 48.9 Å². The first-order valence-electron chi connectivity index (χ1n) is 12.4. The molecule has 1 aliphatic heterocycles. The van der Waals surface area contributed by atoms with Crippen LogP contribution in [-0.2, 0) is 11.2 Å². The number of carbonyl (C=O) groups excluding carboxylic acids is 1. The number of amides is 1. The number of pyridine rings is 2. The fourth-order valence-corrected chi connectivity index (χ4v) is 5.51. The molecule has 0 bridgehead atoms. The number of nitrogens with two attached hydrogens (primary N) is 1. The predicted octanol–water partition coefficient (Wildman–Crippen LogP) is 3.76. The molecule has 0 aromatic carbocycles. The molecule has 2 aliphatic rings. The van der Waals surface area contributed by atoms with E-state index in [0.717, 1.165) is 42.5 Å². The van der Waals surface area contributed by atoms with Crippen molar-refractivity contribution in [2.24, 2.45) is 5.41 Å². The summed E-state index contributed by atoms with van der Waals surface area (Å²) in [6.45, 7) is 4.40. The zero-order chi connectivity index (χ0) is 25.6. The first-order chi connectivity index (χ1) is 17.2. The second-order valence-corrected chi connectivity index (χ2v) is 10.3. The molecule has 3 atom stereocenters. The summed E-state index contributed by atoms with van der Waals surface area (Å²) >= 11 is 0. The third-order valence-corrected chi connectivity index (χ3v) is 7.85. The lowest BCUT2D eigenvalue weighted by molar-refractivity contribution is -0.132. The maximum atomic E-state index is 14.6. The third-order valence-electron chi connectivity index (χ3n) is 7.85. The topological polar surface area (TPSA) is 101 Å². The van der Waals surface area contributed by atoms with E-state index in [2.05, 4.69) is 26.0 Å². The normalized spacial score (nSPS) is 21.2. The second-order valence-electron chi connectivity index (χ2n) is 10.3. The van der Waals surface area contributed by atoms with Crippen LogP contribution in [0.15, 0.2) is 36.8 Å². The number of fused-ring (bicyclic) bond motifs is 1. The quantitative estimate of drug-likeness (QED) is 0.539. The van der Waals surface area contributed by atoms with Crippen molar-refractivity contribution >= 4 is 17.5 Å². The molecular formula is C27H32FN7O. The van der Waals surface area contributed by atoms with Gasteiger partial charge in [-0.25, -0.2) is 24.3 Å². The molecular weight excluding hydrogens is 457 g/mol. The Morgan fingerprint density at radius 2 is 2.03 bits per heavy atom. The van der Waals surface area contributed by atoms with Crippen LogP contribution in [0.2, 0.25) is 0 Å².